The molecule has 2 rings (SSSR count). The number of β-lactam (4-membered cyclic amide) rings is 1. The zero-order chi connectivity index (χ0) is 14.9. The Kier molecular flexibility index (Phi) is 6.77. The average Bonchev–Trinajstić information content (AvgIpc) is 2.70. The van der Waals surface area contributed by atoms with Gasteiger partial charge in [0.05, 0.1) is 12.0 Å². The van der Waals surface area contributed by atoms with Crippen molar-refractivity contribution in [1.29, 1.82) is 0 Å². The zero-order valence-electron chi connectivity index (χ0n) is 13.5. The summed E-state index contributed by atoms with van der Waals surface area (Å²) < 4.78 is 0. The molecule has 0 aromatic rings. The molecule has 0 spiro atoms. The van der Waals surface area contributed by atoms with Crippen molar-refractivity contribution in [2.24, 2.45) is 5.92 Å². The first-order valence-electron chi connectivity index (χ1n) is 6.64. The van der Waals surface area contributed by atoms with Crippen LogP contribution in [0.15, 0.2) is 10.6 Å². The van der Waals surface area contributed by atoms with Crippen LogP contribution in [0.2, 0.25) is 0 Å². The van der Waals surface area contributed by atoms with E-state index in [-0.39, 0.29) is 60.5 Å². The van der Waals surface area contributed by atoms with E-state index in [1.54, 1.807) is 0 Å². The van der Waals surface area contributed by atoms with Crippen molar-refractivity contribution < 1.29 is 50.5 Å². The summed E-state index contributed by atoms with van der Waals surface area (Å²) >= 11 is 1.41. The molecule has 2 aliphatic rings. The minimum Gasteiger partial charge on any atom is -1.00 e. The third kappa shape index (κ3) is 3.64. The molecule has 1 saturated heterocycles. The second-order valence-electron chi connectivity index (χ2n) is 4.90. The molecule has 1 fully saturated rings. The first-order chi connectivity index (χ1) is 9.47. The number of nitrogens with one attached hydrogen (secondary N) is 1. The van der Waals surface area contributed by atoms with Crippen LogP contribution in [0.5, 0.6) is 0 Å². The van der Waals surface area contributed by atoms with E-state index in [1.165, 1.54) is 23.6 Å². The Labute approximate surface area is 151 Å². The summed E-state index contributed by atoms with van der Waals surface area (Å²) in [5.74, 6) is -0.658. The van der Waals surface area contributed by atoms with Gasteiger partial charge in [-0.1, -0.05) is 6.92 Å². The van der Waals surface area contributed by atoms with Gasteiger partial charge in [0.1, 0.15) is 5.70 Å². The van der Waals surface area contributed by atoms with Crippen molar-refractivity contribution in [1.82, 2.24) is 10.2 Å². The minimum absolute atomic E-state index is 0. The van der Waals surface area contributed by atoms with Gasteiger partial charge < -0.3 is 16.7 Å². The van der Waals surface area contributed by atoms with Crippen LogP contribution in [0.25, 0.3) is 0 Å². The molecule has 6 nitrogen and oxygen atoms in total. The summed E-state index contributed by atoms with van der Waals surface area (Å²) in [7, 11) is 0. The summed E-state index contributed by atoms with van der Waals surface area (Å²) in [6.45, 7) is 3.88. The molecule has 0 aromatic carbocycles. The number of fused-ring (bicyclic) bond motifs is 1. The van der Waals surface area contributed by atoms with Gasteiger partial charge in [-0.2, -0.15) is 0 Å². The second-order valence-corrected chi connectivity index (χ2v) is 6.09. The Morgan fingerprint density at radius 2 is 2.19 bits per heavy atom. The molecule has 2 aliphatic heterocycles. The van der Waals surface area contributed by atoms with Crippen LogP contribution in [0.4, 0.5) is 0 Å². The van der Waals surface area contributed by atoms with E-state index in [2.05, 4.69) is 5.32 Å². The fourth-order valence-electron chi connectivity index (χ4n) is 2.73. The van der Waals surface area contributed by atoms with Crippen molar-refractivity contribution >= 4 is 29.5 Å². The number of rotatable bonds is 6. The molecule has 21 heavy (non-hydrogen) atoms. The molecular weight excluding hydrogens is 303 g/mol. The Bertz CT molecular complexity index is 500. The molecular formula is C13H19N2NaO4S. The number of carbonyl (C=O) groups excluding carboxylic acids is 2. The van der Waals surface area contributed by atoms with Gasteiger partial charge in [0.25, 0.3) is 0 Å². The predicted molar refractivity (Wildman–Crippen MR) is 75.9 cm³/mol. The van der Waals surface area contributed by atoms with Crippen LogP contribution >= 0.6 is 11.8 Å². The van der Waals surface area contributed by atoms with Gasteiger partial charge in [0.2, 0.25) is 11.8 Å². The van der Waals surface area contributed by atoms with Gasteiger partial charge in [-0.15, -0.1) is 11.8 Å². The number of thioether (sulfide) groups is 1. The summed E-state index contributed by atoms with van der Waals surface area (Å²) in [4.78, 5) is 36.2. The van der Waals surface area contributed by atoms with E-state index in [4.69, 9.17) is 0 Å². The Balaban J connectivity index is 0.00000220. The van der Waals surface area contributed by atoms with Gasteiger partial charge >= 0.3 is 35.5 Å². The third-order valence-corrected chi connectivity index (χ3v) is 4.76. The van der Waals surface area contributed by atoms with E-state index < -0.39 is 5.97 Å². The Morgan fingerprint density at radius 3 is 2.71 bits per heavy atom. The van der Waals surface area contributed by atoms with Crippen molar-refractivity contribution in [3.05, 3.63) is 10.6 Å². The van der Waals surface area contributed by atoms with E-state index in [0.29, 0.717) is 18.7 Å². The molecule has 112 valence electrons. The van der Waals surface area contributed by atoms with Gasteiger partial charge in [-0.25, -0.2) is 4.79 Å². The molecule has 0 radical (unpaired) electrons. The van der Waals surface area contributed by atoms with Crippen molar-refractivity contribution in [3.8, 4) is 0 Å². The number of carboxylic acids is 1. The van der Waals surface area contributed by atoms with Crippen LogP contribution < -0.4 is 34.9 Å². The maximum Gasteiger partial charge on any atom is 1.00 e. The van der Waals surface area contributed by atoms with Crippen molar-refractivity contribution in [2.75, 3.05) is 12.3 Å². The van der Waals surface area contributed by atoms with Gasteiger partial charge in [-0.05, 0) is 6.42 Å². The molecule has 0 aromatic heterocycles. The van der Waals surface area contributed by atoms with Crippen LogP contribution in [0, 0.1) is 5.92 Å². The van der Waals surface area contributed by atoms with Crippen LogP contribution in [0.1, 0.15) is 28.1 Å². The van der Waals surface area contributed by atoms with Crippen molar-refractivity contribution in [3.63, 3.8) is 0 Å². The Hall–Kier alpha value is -0.500. The number of hydrogen-bond acceptors (Lipinski definition) is 4. The summed E-state index contributed by atoms with van der Waals surface area (Å²) in [5.41, 5.74) is 0.137. The molecule has 8 heteroatoms. The standard InChI is InChI=1S/C13H18N2O4S.Na.H/c1-3-8-9-6-10(20-5-4-14-7(2)16)11(13(18)19)15(9)12(8)17;;/h8-9H,3-6H2,1-2H3,(H,14,16)(H,18,19);;/q;+1;-1/t8-,9+;;/m1../s1. The molecule has 0 saturated carbocycles. The van der Waals surface area contributed by atoms with E-state index in [0.717, 1.165) is 11.3 Å². The van der Waals surface area contributed by atoms with Crippen LogP contribution in [-0.2, 0) is 14.4 Å². The molecule has 0 bridgehead atoms. The number of carbonyl (C=O) groups is 3. The predicted octanol–water partition coefficient (Wildman–Crippen LogP) is -2.09. The molecule has 0 unspecified atom stereocenters. The normalized spacial score (nSPS) is 23.3. The zero-order valence-corrected chi connectivity index (χ0v) is 15.3. The molecule has 2 amide bonds. The van der Waals surface area contributed by atoms with E-state index in [1.807, 2.05) is 6.92 Å². The van der Waals surface area contributed by atoms with Gasteiger partial charge in [-0.3, -0.25) is 9.59 Å². The topological polar surface area (TPSA) is 86.7 Å². The number of amides is 2. The largest absolute Gasteiger partial charge is 1.00 e. The average molecular weight is 322 g/mol. The van der Waals surface area contributed by atoms with Crippen LogP contribution in [-0.4, -0.2) is 46.1 Å². The fourth-order valence-corrected chi connectivity index (χ4v) is 3.79. The fraction of sp³-hybridized carbons (Fsp3) is 0.615. The molecule has 2 atom stereocenters. The second kappa shape index (κ2) is 7.67. The number of nitrogens with zero attached hydrogens (tertiary/aromatic N) is 1. The molecule has 0 aliphatic carbocycles. The Morgan fingerprint density at radius 1 is 1.52 bits per heavy atom. The minimum atomic E-state index is -1.04. The van der Waals surface area contributed by atoms with Gasteiger partial charge in [0.15, 0.2) is 0 Å². The maximum atomic E-state index is 11.9. The van der Waals surface area contributed by atoms with E-state index in [9.17, 15) is 19.5 Å². The monoisotopic (exact) mass is 322 g/mol. The molecule has 2 N–H and O–H groups in total. The summed E-state index contributed by atoms with van der Waals surface area (Å²) in [6, 6.07) is 0.0156. The first-order valence-corrected chi connectivity index (χ1v) is 7.62. The number of carboxylic acid groups (broad SMARTS) is 1. The molecule has 2 heterocycles. The van der Waals surface area contributed by atoms with Gasteiger partial charge in [0, 0.05) is 30.5 Å². The van der Waals surface area contributed by atoms with E-state index >= 15 is 0 Å². The number of aliphatic carboxylic acids is 1. The SMILES string of the molecule is CC[C@H]1C(=O)N2C(C(=O)O)=C(SCCNC(C)=O)C[C@@H]12.[H-].[Na+]. The third-order valence-electron chi connectivity index (χ3n) is 3.64. The smallest absolute Gasteiger partial charge is 1.00 e. The number of hydrogen-bond donors (Lipinski definition) is 2. The van der Waals surface area contributed by atoms with Crippen molar-refractivity contribution in [2.45, 2.75) is 32.7 Å². The summed E-state index contributed by atoms with van der Waals surface area (Å²) in [5, 5.41) is 12.0. The summed E-state index contributed by atoms with van der Waals surface area (Å²) in [6.07, 6.45) is 1.37. The quantitative estimate of drug-likeness (QED) is 0.333. The van der Waals surface area contributed by atoms with Crippen LogP contribution in [0.3, 0.4) is 0 Å². The first kappa shape index (κ1) is 18.5. The maximum absolute atomic E-state index is 11.9.